The smallest absolute Gasteiger partial charge is 0.0386 e. The van der Waals surface area contributed by atoms with Crippen LogP contribution in [-0.4, -0.2) is 19.1 Å². The zero-order chi connectivity index (χ0) is 12.1. The second-order valence-corrected chi connectivity index (χ2v) is 5.12. The molecule has 1 aliphatic heterocycles. The summed E-state index contributed by atoms with van der Waals surface area (Å²) in [6, 6.07) is 9.55. The Balaban J connectivity index is 1.93. The van der Waals surface area contributed by atoms with Crippen molar-refractivity contribution in [2.45, 2.75) is 45.1 Å². The minimum atomic E-state index is 0.596. The van der Waals surface area contributed by atoms with Gasteiger partial charge in [-0.05, 0) is 49.4 Å². The first-order valence-electron chi connectivity index (χ1n) is 6.87. The van der Waals surface area contributed by atoms with Crippen LogP contribution in [0, 0.1) is 0 Å². The minimum absolute atomic E-state index is 0.596. The molecular weight excluding hydrogens is 208 g/mol. The molecule has 1 saturated heterocycles. The van der Waals surface area contributed by atoms with Crippen LogP contribution in [0.4, 0.5) is 5.69 Å². The summed E-state index contributed by atoms with van der Waals surface area (Å²) >= 11 is 0. The van der Waals surface area contributed by atoms with Crippen molar-refractivity contribution in [2.24, 2.45) is 0 Å². The molecule has 0 spiro atoms. The van der Waals surface area contributed by atoms with Gasteiger partial charge in [0.15, 0.2) is 0 Å². The largest absolute Gasteiger partial charge is 0.381 e. The molecule has 2 atom stereocenters. The normalized spacial score (nSPS) is 22.1. The van der Waals surface area contributed by atoms with Crippen LogP contribution in [0.3, 0.4) is 0 Å². The number of benzene rings is 1. The molecule has 0 bridgehead atoms. The van der Waals surface area contributed by atoms with Gasteiger partial charge in [-0.3, -0.25) is 0 Å². The van der Waals surface area contributed by atoms with Crippen LogP contribution in [0.1, 0.15) is 44.6 Å². The fourth-order valence-electron chi connectivity index (χ4n) is 2.35. The molecule has 1 heterocycles. The summed E-state index contributed by atoms with van der Waals surface area (Å²) in [4.78, 5) is 0. The molecule has 1 aliphatic rings. The van der Waals surface area contributed by atoms with E-state index in [-0.39, 0.29) is 0 Å². The zero-order valence-electron chi connectivity index (χ0n) is 11.0. The van der Waals surface area contributed by atoms with Crippen molar-refractivity contribution in [2.75, 3.05) is 18.4 Å². The van der Waals surface area contributed by atoms with Crippen LogP contribution in [0.15, 0.2) is 24.3 Å². The number of anilines is 1. The van der Waals surface area contributed by atoms with Gasteiger partial charge in [-0.25, -0.2) is 0 Å². The van der Waals surface area contributed by atoms with Gasteiger partial charge >= 0.3 is 0 Å². The monoisotopic (exact) mass is 232 g/mol. The predicted molar refractivity (Wildman–Crippen MR) is 74.7 cm³/mol. The molecule has 0 saturated carbocycles. The Morgan fingerprint density at radius 3 is 2.71 bits per heavy atom. The standard InChI is InChI=1S/C15H24N2/c1-3-12(2)13-6-8-14(9-7-13)17-15-5-4-10-16-11-15/h6-9,12,15-17H,3-5,10-11H2,1-2H3. The van der Waals surface area contributed by atoms with Crippen LogP contribution >= 0.6 is 0 Å². The lowest BCUT2D eigenvalue weighted by Crippen LogP contribution is -2.38. The third-order valence-corrected chi connectivity index (χ3v) is 3.76. The fourth-order valence-corrected chi connectivity index (χ4v) is 2.35. The van der Waals surface area contributed by atoms with Gasteiger partial charge < -0.3 is 10.6 Å². The van der Waals surface area contributed by atoms with Gasteiger partial charge in [0, 0.05) is 18.3 Å². The van der Waals surface area contributed by atoms with E-state index in [0.29, 0.717) is 12.0 Å². The number of hydrogen-bond acceptors (Lipinski definition) is 2. The van der Waals surface area contributed by atoms with Crippen molar-refractivity contribution in [1.29, 1.82) is 0 Å². The summed E-state index contributed by atoms with van der Waals surface area (Å²) in [5, 5.41) is 7.03. The molecule has 0 aromatic heterocycles. The highest BCUT2D eigenvalue weighted by molar-refractivity contribution is 5.46. The van der Waals surface area contributed by atoms with E-state index in [0.717, 1.165) is 6.54 Å². The third-order valence-electron chi connectivity index (χ3n) is 3.76. The first-order valence-corrected chi connectivity index (χ1v) is 6.87. The molecule has 17 heavy (non-hydrogen) atoms. The molecule has 1 aromatic carbocycles. The number of piperidine rings is 1. The molecule has 0 amide bonds. The maximum Gasteiger partial charge on any atom is 0.0386 e. The second-order valence-electron chi connectivity index (χ2n) is 5.12. The SMILES string of the molecule is CCC(C)c1ccc(NC2CCCNC2)cc1. The van der Waals surface area contributed by atoms with E-state index in [1.54, 1.807) is 0 Å². The van der Waals surface area contributed by atoms with E-state index in [1.807, 2.05) is 0 Å². The minimum Gasteiger partial charge on any atom is -0.381 e. The molecule has 2 N–H and O–H groups in total. The highest BCUT2D eigenvalue weighted by Crippen LogP contribution is 2.21. The van der Waals surface area contributed by atoms with Gasteiger partial charge in [0.1, 0.15) is 0 Å². The maximum absolute atomic E-state index is 3.60. The lowest BCUT2D eigenvalue weighted by molar-refractivity contribution is 0.480. The molecule has 0 radical (unpaired) electrons. The van der Waals surface area contributed by atoms with Crippen molar-refractivity contribution in [1.82, 2.24) is 5.32 Å². The molecule has 2 rings (SSSR count). The maximum atomic E-state index is 3.60. The first-order chi connectivity index (χ1) is 8.29. The van der Waals surface area contributed by atoms with E-state index in [1.165, 1.54) is 37.1 Å². The molecule has 2 heteroatoms. The third kappa shape index (κ3) is 3.47. The van der Waals surface area contributed by atoms with Gasteiger partial charge in [0.25, 0.3) is 0 Å². The Bertz CT molecular complexity index is 325. The van der Waals surface area contributed by atoms with Crippen molar-refractivity contribution < 1.29 is 0 Å². The number of nitrogens with one attached hydrogen (secondary N) is 2. The highest BCUT2D eigenvalue weighted by atomic mass is 15.0. The Labute approximate surface area is 105 Å². The molecule has 2 nitrogen and oxygen atoms in total. The predicted octanol–water partition coefficient (Wildman–Crippen LogP) is 3.36. The average molecular weight is 232 g/mol. The van der Waals surface area contributed by atoms with E-state index < -0.39 is 0 Å². The molecule has 0 aliphatic carbocycles. The Hall–Kier alpha value is -1.02. The topological polar surface area (TPSA) is 24.1 Å². The molecule has 2 unspecified atom stereocenters. The number of rotatable bonds is 4. The molecule has 1 aromatic rings. The summed E-state index contributed by atoms with van der Waals surface area (Å²) in [6.45, 7) is 6.79. The second kappa shape index (κ2) is 6.06. The van der Waals surface area contributed by atoms with Crippen LogP contribution in [-0.2, 0) is 0 Å². The van der Waals surface area contributed by atoms with Crippen molar-refractivity contribution in [3.8, 4) is 0 Å². The lowest BCUT2D eigenvalue weighted by atomic mass is 9.98. The quantitative estimate of drug-likeness (QED) is 0.831. The Morgan fingerprint density at radius 2 is 2.12 bits per heavy atom. The number of hydrogen-bond donors (Lipinski definition) is 2. The van der Waals surface area contributed by atoms with Crippen molar-refractivity contribution in [3.63, 3.8) is 0 Å². The summed E-state index contributed by atoms with van der Waals surface area (Å²) in [6.07, 6.45) is 3.77. The van der Waals surface area contributed by atoms with E-state index in [4.69, 9.17) is 0 Å². The Kier molecular flexibility index (Phi) is 4.43. The molecular formula is C15H24N2. The van der Waals surface area contributed by atoms with Crippen LogP contribution in [0.5, 0.6) is 0 Å². The van der Waals surface area contributed by atoms with Gasteiger partial charge in [0.2, 0.25) is 0 Å². The average Bonchev–Trinajstić information content (AvgIpc) is 2.40. The van der Waals surface area contributed by atoms with E-state index in [2.05, 4.69) is 48.7 Å². The van der Waals surface area contributed by atoms with E-state index >= 15 is 0 Å². The van der Waals surface area contributed by atoms with Gasteiger partial charge in [-0.1, -0.05) is 26.0 Å². The molecule has 94 valence electrons. The van der Waals surface area contributed by atoms with E-state index in [9.17, 15) is 0 Å². The first kappa shape index (κ1) is 12.4. The fraction of sp³-hybridized carbons (Fsp3) is 0.600. The summed E-state index contributed by atoms with van der Waals surface area (Å²) < 4.78 is 0. The van der Waals surface area contributed by atoms with Crippen molar-refractivity contribution in [3.05, 3.63) is 29.8 Å². The van der Waals surface area contributed by atoms with Crippen LogP contribution in [0.2, 0.25) is 0 Å². The lowest BCUT2D eigenvalue weighted by Gasteiger charge is -2.25. The molecule has 1 fully saturated rings. The zero-order valence-corrected chi connectivity index (χ0v) is 11.0. The van der Waals surface area contributed by atoms with Gasteiger partial charge in [0.05, 0.1) is 0 Å². The van der Waals surface area contributed by atoms with Crippen molar-refractivity contribution >= 4 is 5.69 Å². The van der Waals surface area contributed by atoms with Crippen LogP contribution < -0.4 is 10.6 Å². The highest BCUT2D eigenvalue weighted by Gasteiger charge is 2.12. The summed E-state index contributed by atoms with van der Waals surface area (Å²) in [5.41, 5.74) is 2.70. The summed E-state index contributed by atoms with van der Waals surface area (Å²) in [5.74, 6) is 0.667. The Morgan fingerprint density at radius 1 is 1.35 bits per heavy atom. The summed E-state index contributed by atoms with van der Waals surface area (Å²) in [7, 11) is 0. The van der Waals surface area contributed by atoms with Gasteiger partial charge in [-0.15, -0.1) is 0 Å². The van der Waals surface area contributed by atoms with Gasteiger partial charge in [-0.2, -0.15) is 0 Å². The van der Waals surface area contributed by atoms with Crippen LogP contribution in [0.25, 0.3) is 0 Å².